The van der Waals surface area contributed by atoms with Crippen LogP contribution in [0, 0.1) is 0 Å². The SMILES string of the molecule is CCNC(=NCc1ccc(N(CC)CC)nc1)NCC(C)(O)CN1CCOCC1.I. The molecule has 1 unspecified atom stereocenters. The molecule has 0 aliphatic carbocycles. The van der Waals surface area contributed by atoms with E-state index in [9.17, 15) is 5.11 Å². The van der Waals surface area contributed by atoms with Gasteiger partial charge in [-0.05, 0) is 39.3 Å². The fourth-order valence-corrected chi connectivity index (χ4v) is 3.33. The molecule has 0 saturated carbocycles. The summed E-state index contributed by atoms with van der Waals surface area (Å²) in [6.07, 6.45) is 1.88. The van der Waals surface area contributed by atoms with Crippen molar-refractivity contribution >= 4 is 35.8 Å². The first-order chi connectivity index (χ1) is 14.0. The lowest BCUT2D eigenvalue weighted by Crippen LogP contribution is -2.52. The molecular weight excluding hydrogens is 495 g/mol. The number of β-amino-alcohol motifs (C(OH)–C–C–N with tert-alkyl or cyclic N) is 1. The number of guanidine groups is 1. The summed E-state index contributed by atoms with van der Waals surface area (Å²) in [7, 11) is 0. The fraction of sp³-hybridized carbons (Fsp3) is 0.714. The lowest BCUT2D eigenvalue weighted by molar-refractivity contribution is -0.0201. The van der Waals surface area contributed by atoms with Crippen molar-refractivity contribution in [2.75, 3.05) is 63.9 Å². The zero-order valence-electron chi connectivity index (χ0n) is 18.9. The Morgan fingerprint density at radius 1 is 1.23 bits per heavy atom. The molecule has 1 aliphatic heterocycles. The largest absolute Gasteiger partial charge is 0.387 e. The molecule has 0 radical (unpaired) electrons. The second-order valence-corrected chi connectivity index (χ2v) is 7.63. The molecule has 1 aliphatic rings. The third kappa shape index (κ3) is 9.32. The number of morpholine rings is 1. The van der Waals surface area contributed by atoms with Crippen molar-refractivity contribution in [2.24, 2.45) is 4.99 Å². The van der Waals surface area contributed by atoms with Crippen LogP contribution in [0.4, 0.5) is 5.82 Å². The van der Waals surface area contributed by atoms with Crippen molar-refractivity contribution in [1.82, 2.24) is 20.5 Å². The highest BCUT2D eigenvalue weighted by atomic mass is 127. The molecule has 3 N–H and O–H groups in total. The van der Waals surface area contributed by atoms with E-state index in [2.05, 4.69) is 50.3 Å². The van der Waals surface area contributed by atoms with Gasteiger partial charge in [0.05, 0.1) is 25.4 Å². The maximum atomic E-state index is 10.8. The number of aliphatic hydroxyl groups is 1. The van der Waals surface area contributed by atoms with Gasteiger partial charge in [-0.3, -0.25) is 4.90 Å². The Labute approximate surface area is 198 Å². The van der Waals surface area contributed by atoms with Gasteiger partial charge < -0.3 is 25.4 Å². The van der Waals surface area contributed by atoms with E-state index in [1.807, 2.05) is 26.1 Å². The summed E-state index contributed by atoms with van der Waals surface area (Å²) in [6, 6.07) is 4.12. The molecule has 9 heteroatoms. The molecule has 2 rings (SSSR count). The van der Waals surface area contributed by atoms with Crippen molar-refractivity contribution < 1.29 is 9.84 Å². The minimum Gasteiger partial charge on any atom is -0.387 e. The maximum absolute atomic E-state index is 10.8. The van der Waals surface area contributed by atoms with Gasteiger partial charge in [0.2, 0.25) is 0 Å². The van der Waals surface area contributed by atoms with E-state index in [1.165, 1.54) is 0 Å². The highest BCUT2D eigenvalue weighted by Crippen LogP contribution is 2.11. The third-order valence-electron chi connectivity index (χ3n) is 4.97. The number of aliphatic imine (C=N–C) groups is 1. The first-order valence-corrected chi connectivity index (χ1v) is 10.7. The van der Waals surface area contributed by atoms with Crippen LogP contribution in [0.25, 0.3) is 0 Å². The molecule has 1 atom stereocenters. The van der Waals surface area contributed by atoms with Gasteiger partial charge in [0.15, 0.2) is 5.96 Å². The molecule has 0 bridgehead atoms. The monoisotopic (exact) mass is 534 g/mol. The molecule has 172 valence electrons. The molecule has 1 aromatic rings. The van der Waals surface area contributed by atoms with E-state index in [0.717, 1.165) is 57.3 Å². The van der Waals surface area contributed by atoms with Crippen LogP contribution in [0.2, 0.25) is 0 Å². The van der Waals surface area contributed by atoms with E-state index in [-0.39, 0.29) is 24.0 Å². The van der Waals surface area contributed by atoms with Crippen LogP contribution in [0.3, 0.4) is 0 Å². The van der Waals surface area contributed by atoms with Crippen molar-refractivity contribution in [2.45, 2.75) is 39.8 Å². The van der Waals surface area contributed by atoms with E-state index in [1.54, 1.807) is 0 Å². The Balaban J connectivity index is 0.00000450. The van der Waals surface area contributed by atoms with Crippen molar-refractivity contribution in [3.63, 3.8) is 0 Å². The number of anilines is 1. The average Bonchev–Trinajstić information content (AvgIpc) is 2.72. The first-order valence-electron chi connectivity index (χ1n) is 10.7. The fourth-order valence-electron chi connectivity index (χ4n) is 3.33. The summed E-state index contributed by atoms with van der Waals surface area (Å²) in [4.78, 5) is 13.7. The molecule has 0 amide bonds. The summed E-state index contributed by atoms with van der Waals surface area (Å²) in [5.41, 5.74) is 0.207. The zero-order chi connectivity index (χ0) is 21.1. The van der Waals surface area contributed by atoms with Crippen LogP contribution in [0.5, 0.6) is 0 Å². The first kappa shape index (κ1) is 26.9. The summed E-state index contributed by atoms with van der Waals surface area (Å²) in [6.45, 7) is 15.6. The number of nitrogens with one attached hydrogen (secondary N) is 2. The quantitative estimate of drug-likeness (QED) is 0.239. The Morgan fingerprint density at radius 3 is 2.50 bits per heavy atom. The lowest BCUT2D eigenvalue weighted by Gasteiger charge is -2.34. The number of nitrogens with zero attached hydrogens (tertiary/aromatic N) is 4. The van der Waals surface area contributed by atoms with Gasteiger partial charge in [-0.15, -0.1) is 24.0 Å². The maximum Gasteiger partial charge on any atom is 0.191 e. The standard InChI is InChI=1S/C21H38N6O2.HI/c1-5-22-20(25-16-21(4,28)17-26-10-12-29-13-11-26)24-15-18-8-9-19(23-14-18)27(6-2)7-3;/h8-9,14,28H,5-7,10-13,15-17H2,1-4H3,(H2,22,24,25);1H. The molecular formula is C21H39IN6O2. The number of halogens is 1. The smallest absolute Gasteiger partial charge is 0.191 e. The number of hydrogen-bond acceptors (Lipinski definition) is 6. The number of ether oxygens (including phenoxy) is 1. The topological polar surface area (TPSA) is 85.2 Å². The van der Waals surface area contributed by atoms with E-state index < -0.39 is 5.60 Å². The number of pyridine rings is 1. The summed E-state index contributed by atoms with van der Waals surface area (Å²) < 4.78 is 5.38. The number of hydrogen-bond donors (Lipinski definition) is 3. The van der Waals surface area contributed by atoms with Crippen LogP contribution in [0.1, 0.15) is 33.3 Å². The third-order valence-corrected chi connectivity index (χ3v) is 4.97. The molecule has 1 saturated heterocycles. The van der Waals surface area contributed by atoms with Crippen LogP contribution < -0.4 is 15.5 Å². The van der Waals surface area contributed by atoms with Gasteiger partial charge in [-0.2, -0.15) is 0 Å². The Kier molecular flexibility index (Phi) is 12.5. The average molecular weight is 534 g/mol. The molecule has 8 nitrogen and oxygen atoms in total. The second kappa shape index (κ2) is 14.0. The van der Waals surface area contributed by atoms with Crippen LogP contribution in [-0.4, -0.2) is 85.6 Å². The predicted molar refractivity (Wildman–Crippen MR) is 134 cm³/mol. The van der Waals surface area contributed by atoms with Crippen LogP contribution in [-0.2, 0) is 11.3 Å². The molecule has 30 heavy (non-hydrogen) atoms. The highest BCUT2D eigenvalue weighted by molar-refractivity contribution is 14.0. The van der Waals surface area contributed by atoms with Crippen molar-refractivity contribution in [1.29, 1.82) is 0 Å². The Bertz CT molecular complexity index is 616. The van der Waals surface area contributed by atoms with Gasteiger partial charge in [-0.25, -0.2) is 9.98 Å². The van der Waals surface area contributed by atoms with Crippen molar-refractivity contribution in [3.05, 3.63) is 23.9 Å². The molecule has 1 aromatic heterocycles. The van der Waals surface area contributed by atoms with Gasteiger partial charge in [0.1, 0.15) is 5.82 Å². The summed E-state index contributed by atoms with van der Waals surface area (Å²) >= 11 is 0. The van der Waals surface area contributed by atoms with Gasteiger partial charge in [-0.1, -0.05) is 6.07 Å². The highest BCUT2D eigenvalue weighted by Gasteiger charge is 2.25. The minimum absolute atomic E-state index is 0. The van der Waals surface area contributed by atoms with Gasteiger partial charge >= 0.3 is 0 Å². The summed E-state index contributed by atoms with van der Waals surface area (Å²) in [5.74, 6) is 1.69. The Morgan fingerprint density at radius 2 is 1.93 bits per heavy atom. The van der Waals surface area contributed by atoms with E-state index >= 15 is 0 Å². The predicted octanol–water partition coefficient (Wildman–Crippen LogP) is 1.68. The van der Waals surface area contributed by atoms with Gasteiger partial charge in [0.25, 0.3) is 0 Å². The van der Waals surface area contributed by atoms with Gasteiger partial charge in [0, 0.05) is 52.0 Å². The molecule has 1 fully saturated rings. The lowest BCUT2D eigenvalue weighted by atomic mass is 10.1. The van der Waals surface area contributed by atoms with E-state index in [0.29, 0.717) is 25.6 Å². The molecule has 0 aromatic carbocycles. The summed E-state index contributed by atoms with van der Waals surface area (Å²) in [5, 5.41) is 17.3. The van der Waals surface area contributed by atoms with Crippen molar-refractivity contribution in [3.8, 4) is 0 Å². The Hall–Kier alpha value is -1.17. The van der Waals surface area contributed by atoms with E-state index in [4.69, 9.17) is 4.74 Å². The normalized spacial score (nSPS) is 17.0. The molecule has 0 spiro atoms. The number of rotatable bonds is 10. The zero-order valence-corrected chi connectivity index (χ0v) is 21.2. The van der Waals surface area contributed by atoms with Crippen LogP contribution >= 0.6 is 24.0 Å². The second-order valence-electron chi connectivity index (χ2n) is 7.63. The number of aromatic nitrogens is 1. The van der Waals surface area contributed by atoms with Crippen LogP contribution in [0.15, 0.2) is 23.3 Å². The minimum atomic E-state index is -0.847. The molecule has 2 heterocycles.